The van der Waals surface area contributed by atoms with Crippen molar-refractivity contribution in [1.29, 1.82) is 0 Å². The Morgan fingerprint density at radius 2 is 1.77 bits per heavy atom. The highest BCUT2D eigenvalue weighted by atomic mass is 127. The number of hydrogen-bond acceptors (Lipinski definition) is 3. The second kappa shape index (κ2) is 14.7. The number of carbonyl (C=O) groups is 1. The summed E-state index contributed by atoms with van der Waals surface area (Å²) in [6, 6.07) is 15.9. The second-order valence-corrected chi connectivity index (χ2v) is 6.67. The van der Waals surface area contributed by atoms with Crippen LogP contribution in [0.15, 0.2) is 53.5 Å². The lowest BCUT2D eigenvalue weighted by Crippen LogP contribution is -2.38. The van der Waals surface area contributed by atoms with Crippen LogP contribution in [0.5, 0.6) is 5.75 Å². The molecule has 0 aliphatic heterocycles. The van der Waals surface area contributed by atoms with Gasteiger partial charge in [-0.2, -0.15) is 0 Å². The molecule has 1 amide bonds. The van der Waals surface area contributed by atoms with Crippen molar-refractivity contribution in [2.24, 2.45) is 4.99 Å². The third kappa shape index (κ3) is 9.02. The molecule has 0 aromatic heterocycles. The van der Waals surface area contributed by atoms with E-state index in [1.165, 1.54) is 5.56 Å². The number of rotatable bonds is 10. The van der Waals surface area contributed by atoms with Crippen molar-refractivity contribution < 1.29 is 9.53 Å². The Hall–Kier alpha value is -2.29. The molecular weight excluding hydrogens is 491 g/mol. The van der Waals surface area contributed by atoms with Gasteiger partial charge in [-0.05, 0) is 61.6 Å². The molecule has 0 atom stereocenters. The number of aliphatic imine (C=N–C) groups is 1. The normalized spacial score (nSPS) is 10.7. The molecule has 2 aromatic rings. The summed E-state index contributed by atoms with van der Waals surface area (Å²) in [6.07, 6.45) is 2.75. The zero-order chi connectivity index (χ0) is 20.9. The minimum Gasteiger partial charge on any atom is -0.497 e. The van der Waals surface area contributed by atoms with Gasteiger partial charge in [0.05, 0.1) is 7.11 Å². The lowest BCUT2D eigenvalue weighted by Gasteiger charge is -2.12. The molecule has 0 saturated heterocycles. The lowest BCUT2D eigenvalue weighted by atomic mass is 10.1. The number of halogens is 1. The van der Waals surface area contributed by atoms with Crippen LogP contribution in [0.4, 0.5) is 0 Å². The Kier molecular flexibility index (Phi) is 12.6. The van der Waals surface area contributed by atoms with E-state index in [1.54, 1.807) is 14.2 Å². The first-order valence-electron chi connectivity index (χ1n) is 10.1. The summed E-state index contributed by atoms with van der Waals surface area (Å²) in [6.45, 7) is 4.37. The highest BCUT2D eigenvalue weighted by Gasteiger charge is 2.04. The number of aryl methyl sites for hydroxylation is 1. The zero-order valence-electron chi connectivity index (χ0n) is 18.0. The molecule has 2 aromatic carbocycles. The van der Waals surface area contributed by atoms with Gasteiger partial charge in [-0.1, -0.05) is 24.3 Å². The van der Waals surface area contributed by atoms with Crippen LogP contribution in [0.1, 0.15) is 34.8 Å². The Bertz CT molecular complexity index is 811. The van der Waals surface area contributed by atoms with E-state index in [2.05, 4.69) is 40.0 Å². The molecule has 6 nitrogen and oxygen atoms in total. The molecule has 30 heavy (non-hydrogen) atoms. The van der Waals surface area contributed by atoms with Crippen molar-refractivity contribution in [3.8, 4) is 5.75 Å². The molecule has 164 valence electrons. The predicted molar refractivity (Wildman–Crippen MR) is 134 cm³/mol. The van der Waals surface area contributed by atoms with E-state index in [0.717, 1.165) is 56.2 Å². The van der Waals surface area contributed by atoms with E-state index >= 15 is 0 Å². The quantitative estimate of drug-likeness (QED) is 0.193. The first-order chi connectivity index (χ1) is 14.2. The van der Waals surface area contributed by atoms with Gasteiger partial charge < -0.3 is 20.7 Å². The van der Waals surface area contributed by atoms with Crippen molar-refractivity contribution in [1.82, 2.24) is 16.0 Å². The van der Waals surface area contributed by atoms with Gasteiger partial charge in [0.1, 0.15) is 5.75 Å². The molecule has 0 fully saturated rings. The molecule has 0 radical (unpaired) electrons. The summed E-state index contributed by atoms with van der Waals surface area (Å²) < 4.78 is 5.27. The molecule has 0 bridgehead atoms. The SMILES string of the molecule is CCNC(=NCCCc1cccc(OC)c1)NCCc1cccc(C(=O)NC)c1.I. The van der Waals surface area contributed by atoms with Gasteiger partial charge in [0.2, 0.25) is 0 Å². The molecule has 7 heteroatoms. The van der Waals surface area contributed by atoms with Crippen LogP contribution in [0.2, 0.25) is 0 Å². The Morgan fingerprint density at radius 3 is 2.47 bits per heavy atom. The van der Waals surface area contributed by atoms with Crippen LogP contribution in [-0.2, 0) is 12.8 Å². The number of carbonyl (C=O) groups excluding carboxylic acids is 1. The van der Waals surface area contributed by atoms with E-state index in [0.29, 0.717) is 5.56 Å². The number of hydrogen-bond donors (Lipinski definition) is 3. The summed E-state index contributed by atoms with van der Waals surface area (Å²) >= 11 is 0. The molecule has 0 aliphatic carbocycles. The number of benzene rings is 2. The minimum atomic E-state index is -0.0641. The van der Waals surface area contributed by atoms with Gasteiger partial charge in [-0.15, -0.1) is 24.0 Å². The summed E-state index contributed by atoms with van der Waals surface area (Å²) in [5.41, 5.74) is 3.06. The molecule has 0 unspecified atom stereocenters. The zero-order valence-corrected chi connectivity index (χ0v) is 20.4. The molecule has 0 heterocycles. The van der Waals surface area contributed by atoms with Gasteiger partial charge >= 0.3 is 0 Å². The highest BCUT2D eigenvalue weighted by Crippen LogP contribution is 2.13. The largest absolute Gasteiger partial charge is 0.497 e. The number of guanidine groups is 1. The molecule has 2 rings (SSSR count). The monoisotopic (exact) mass is 524 g/mol. The minimum absolute atomic E-state index is 0. The van der Waals surface area contributed by atoms with Crippen molar-refractivity contribution in [2.75, 3.05) is 33.8 Å². The maximum Gasteiger partial charge on any atom is 0.251 e. The maximum absolute atomic E-state index is 11.8. The molecule has 3 N–H and O–H groups in total. The Morgan fingerprint density at radius 1 is 1.03 bits per heavy atom. The number of ether oxygens (including phenoxy) is 1. The summed E-state index contributed by atoms with van der Waals surface area (Å²) in [5.74, 6) is 1.65. The Balaban J connectivity index is 0.00000450. The predicted octanol–water partition coefficient (Wildman–Crippen LogP) is 3.40. The maximum atomic E-state index is 11.8. The van der Waals surface area contributed by atoms with E-state index in [4.69, 9.17) is 4.74 Å². The highest BCUT2D eigenvalue weighted by molar-refractivity contribution is 14.0. The number of amides is 1. The average molecular weight is 524 g/mol. The third-order valence-corrected chi connectivity index (χ3v) is 4.49. The van der Waals surface area contributed by atoms with E-state index in [1.807, 2.05) is 36.4 Å². The van der Waals surface area contributed by atoms with Gasteiger partial charge in [0.25, 0.3) is 5.91 Å². The summed E-state index contributed by atoms with van der Waals surface area (Å²) in [7, 11) is 3.33. The first kappa shape index (κ1) is 25.7. The van der Waals surface area contributed by atoms with Gasteiger partial charge in [0.15, 0.2) is 5.96 Å². The van der Waals surface area contributed by atoms with Crippen molar-refractivity contribution in [3.05, 3.63) is 65.2 Å². The smallest absolute Gasteiger partial charge is 0.251 e. The molecular formula is C23H33IN4O2. The fourth-order valence-corrected chi connectivity index (χ4v) is 2.98. The van der Waals surface area contributed by atoms with Crippen LogP contribution in [0.25, 0.3) is 0 Å². The Labute approximate surface area is 196 Å². The van der Waals surface area contributed by atoms with Crippen LogP contribution in [0.3, 0.4) is 0 Å². The van der Waals surface area contributed by atoms with Gasteiger partial charge in [0, 0.05) is 32.2 Å². The summed E-state index contributed by atoms with van der Waals surface area (Å²) in [5, 5.41) is 9.30. The number of nitrogens with zero attached hydrogens (tertiary/aromatic N) is 1. The van der Waals surface area contributed by atoms with Crippen molar-refractivity contribution >= 4 is 35.8 Å². The van der Waals surface area contributed by atoms with E-state index < -0.39 is 0 Å². The van der Waals surface area contributed by atoms with Crippen LogP contribution in [0, 0.1) is 0 Å². The van der Waals surface area contributed by atoms with Crippen molar-refractivity contribution in [3.63, 3.8) is 0 Å². The van der Waals surface area contributed by atoms with Crippen LogP contribution >= 0.6 is 24.0 Å². The lowest BCUT2D eigenvalue weighted by molar-refractivity contribution is 0.0963. The average Bonchev–Trinajstić information content (AvgIpc) is 2.76. The standard InChI is InChI=1S/C23H32N4O2.HI/c1-4-25-23(26-14-7-10-18-9-6-12-21(17-18)29-3)27-15-13-19-8-5-11-20(16-19)22(28)24-2;/h5-6,8-9,11-12,16-17H,4,7,10,13-15H2,1-3H3,(H,24,28)(H2,25,26,27);1H. The van der Waals surface area contributed by atoms with Gasteiger partial charge in [-0.3, -0.25) is 9.79 Å². The number of nitrogens with one attached hydrogen (secondary N) is 3. The fraction of sp³-hybridized carbons (Fsp3) is 0.391. The fourth-order valence-electron chi connectivity index (χ4n) is 2.98. The third-order valence-electron chi connectivity index (χ3n) is 4.49. The number of methoxy groups -OCH3 is 1. The van der Waals surface area contributed by atoms with Crippen LogP contribution < -0.4 is 20.7 Å². The summed E-state index contributed by atoms with van der Waals surface area (Å²) in [4.78, 5) is 16.4. The molecule has 0 aliphatic rings. The second-order valence-electron chi connectivity index (χ2n) is 6.67. The molecule has 0 spiro atoms. The first-order valence-corrected chi connectivity index (χ1v) is 10.1. The topological polar surface area (TPSA) is 74.8 Å². The van der Waals surface area contributed by atoms with Crippen molar-refractivity contribution in [2.45, 2.75) is 26.2 Å². The molecule has 0 saturated carbocycles. The van der Waals surface area contributed by atoms with Crippen LogP contribution in [-0.4, -0.2) is 45.7 Å². The van der Waals surface area contributed by atoms with Gasteiger partial charge in [-0.25, -0.2) is 0 Å². The van der Waals surface area contributed by atoms with E-state index in [9.17, 15) is 4.79 Å². The van der Waals surface area contributed by atoms with E-state index in [-0.39, 0.29) is 29.9 Å².